The van der Waals surface area contributed by atoms with Gasteiger partial charge in [-0.25, -0.2) is 32.6 Å². The zero-order chi connectivity index (χ0) is 31.6. The average molecular weight is 633 g/mol. The largest absolute Gasteiger partial charge is 0.488 e. The fraction of sp³-hybridized carbons (Fsp3) is 0.517. The van der Waals surface area contributed by atoms with E-state index in [0.29, 0.717) is 80.3 Å². The quantitative estimate of drug-likeness (QED) is 0.406. The van der Waals surface area contributed by atoms with Crippen LogP contribution in [0.4, 0.5) is 20.8 Å². The lowest BCUT2D eigenvalue weighted by Gasteiger charge is -2.33. The molecule has 1 aromatic carbocycles. The second-order valence-electron chi connectivity index (χ2n) is 11.7. The number of hydrogen-bond acceptors (Lipinski definition) is 11. The standard InChI is InChI=1S/C29H37FN6O7S/c1-29(2,3)43-28(37)36-8-6-20(7-9-36)42-23-16-19(30)15-21-24(32-27(33-25(21)23)35-10-12-41-13-11-35)18-14-22(34-44(5,38)39)26(40-4)31-17-18/h14-17,20,34H,6-13H2,1-5H3. The second-order valence-corrected chi connectivity index (χ2v) is 13.5. The number of nitrogens with zero attached hydrogens (tertiary/aromatic N) is 5. The van der Waals surface area contributed by atoms with Crippen molar-refractivity contribution in [3.8, 4) is 22.9 Å². The number of amides is 1. The third-order valence-corrected chi connectivity index (χ3v) is 7.60. The predicted octanol–water partition coefficient (Wildman–Crippen LogP) is 3.83. The molecule has 1 N–H and O–H groups in total. The topological polar surface area (TPSA) is 145 Å². The molecule has 2 saturated heterocycles. The van der Waals surface area contributed by atoms with E-state index in [-0.39, 0.29) is 29.5 Å². The van der Waals surface area contributed by atoms with Gasteiger partial charge in [-0.3, -0.25) is 4.72 Å². The number of aromatic nitrogens is 3. The third-order valence-electron chi connectivity index (χ3n) is 7.01. The summed E-state index contributed by atoms with van der Waals surface area (Å²) < 4.78 is 64.3. The fourth-order valence-corrected chi connectivity index (χ4v) is 5.60. The number of likely N-dealkylation sites (tertiary alicyclic amines) is 1. The summed E-state index contributed by atoms with van der Waals surface area (Å²) in [6.45, 7) is 8.41. The molecule has 238 valence electrons. The van der Waals surface area contributed by atoms with Crippen molar-refractivity contribution in [1.82, 2.24) is 19.9 Å². The summed E-state index contributed by atoms with van der Waals surface area (Å²) in [5, 5.41) is 0.362. The number of nitrogens with one attached hydrogen (secondary N) is 1. The van der Waals surface area contributed by atoms with Crippen LogP contribution in [0.25, 0.3) is 22.2 Å². The van der Waals surface area contributed by atoms with Gasteiger partial charge in [0, 0.05) is 62.2 Å². The molecule has 0 radical (unpaired) electrons. The van der Waals surface area contributed by atoms with Gasteiger partial charge < -0.3 is 28.7 Å². The van der Waals surface area contributed by atoms with Crippen LogP contribution in [0.2, 0.25) is 0 Å². The Kier molecular flexibility index (Phi) is 8.97. The zero-order valence-corrected chi connectivity index (χ0v) is 26.2. The number of pyridine rings is 1. The molecule has 0 spiro atoms. The van der Waals surface area contributed by atoms with Crippen molar-refractivity contribution < 1.29 is 36.6 Å². The van der Waals surface area contributed by atoms with E-state index in [4.69, 9.17) is 28.9 Å². The number of ether oxygens (including phenoxy) is 4. The van der Waals surface area contributed by atoms with E-state index in [2.05, 4.69) is 9.71 Å². The van der Waals surface area contributed by atoms with Gasteiger partial charge in [0.25, 0.3) is 0 Å². The Morgan fingerprint density at radius 3 is 2.43 bits per heavy atom. The minimum absolute atomic E-state index is 0.0684. The van der Waals surface area contributed by atoms with Gasteiger partial charge in [-0.2, -0.15) is 0 Å². The lowest BCUT2D eigenvalue weighted by Crippen LogP contribution is -2.44. The monoisotopic (exact) mass is 632 g/mol. The van der Waals surface area contributed by atoms with E-state index >= 15 is 4.39 Å². The van der Waals surface area contributed by atoms with Crippen molar-refractivity contribution in [2.24, 2.45) is 0 Å². The van der Waals surface area contributed by atoms with Crippen molar-refractivity contribution in [3.05, 3.63) is 30.2 Å². The van der Waals surface area contributed by atoms with Gasteiger partial charge in [-0.1, -0.05) is 0 Å². The zero-order valence-electron chi connectivity index (χ0n) is 25.4. The summed E-state index contributed by atoms with van der Waals surface area (Å²) in [5.41, 5.74) is 0.660. The number of morpholine rings is 1. The summed E-state index contributed by atoms with van der Waals surface area (Å²) in [6, 6.07) is 4.15. The molecule has 3 aromatic rings. The number of halogens is 1. The van der Waals surface area contributed by atoms with Crippen molar-refractivity contribution in [2.45, 2.75) is 45.3 Å². The van der Waals surface area contributed by atoms with Crippen molar-refractivity contribution >= 4 is 38.7 Å². The first-order valence-corrected chi connectivity index (χ1v) is 16.2. The highest BCUT2D eigenvalue weighted by atomic mass is 32.2. The Labute approximate surface area is 255 Å². The number of piperidine rings is 1. The van der Waals surface area contributed by atoms with Crippen LogP contribution in [0.1, 0.15) is 33.6 Å². The Bertz CT molecular complexity index is 1640. The molecule has 15 heteroatoms. The number of anilines is 2. The molecule has 44 heavy (non-hydrogen) atoms. The smallest absolute Gasteiger partial charge is 0.410 e. The number of fused-ring (bicyclic) bond motifs is 1. The summed E-state index contributed by atoms with van der Waals surface area (Å²) >= 11 is 0. The first-order valence-electron chi connectivity index (χ1n) is 14.3. The summed E-state index contributed by atoms with van der Waals surface area (Å²) in [6.07, 6.45) is 2.87. The summed E-state index contributed by atoms with van der Waals surface area (Å²) in [4.78, 5) is 30.0. The SMILES string of the molecule is COc1ncc(-c2nc(N3CCOCC3)nc3c(OC4CCN(C(=O)OC(C)(C)C)CC4)cc(F)cc23)cc1NS(C)(=O)=O. The molecule has 13 nitrogen and oxygen atoms in total. The van der Waals surface area contributed by atoms with Gasteiger partial charge >= 0.3 is 6.09 Å². The highest BCUT2D eigenvalue weighted by Crippen LogP contribution is 2.37. The van der Waals surface area contributed by atoms with Crippen LogP contribution in [0, 0.1) is 5.82 Å². The van der Waals surface area contributed by atoms with E-state index in [1.54, 1.807) is 4.90 Å². The van der Waals surface area contributed by atoms with Gasteiger partial charge in [0.2, 0.25) is 21.9 Å². The van der Waals surface area contributed by atoms with E-state index in [0.717, 1.165) is 6.26 Å². The maximum absolute atomic E-state index is 15.2. The fourth-order valence-electron chi connectivity index (χ4n) is 5.05. The molecule has 0 atom stereocenters. The molecule has 0 saturated carbocycles. The lowest BCUT2D eigenvalue weighted by molar-refractivity contribution is 0.0127. The minimum atomic E-state index is -3.66. The van der Waals surface area contributed by atoms with E-state index in [9.17, 15) is 13.2 Å². The van der Waals surface area contributed by atoms with E-state index in [1.807, 2.05) is 25.7 Å². The summed E-state index contributed by atoms with van der Waals surface area (Å²) in [5.74, 6) is 0.141. The van der Waals surface area contributed by atoms with Crippen LogP contribution in [0.3, 0.4) is 0 Å². The van der Waals surface area contributed by atoms with Crippen LogP contribution in [-0.2, 0) is 19.5 Å². The van der Waals surface area contributed by atoms with Crippen molar-refractivity contribution in [3.63, 3.8) is 0 Å². The lowest BCUT2D eigenvalue weighted by atomic mass is 10.1. The van der Waals surface area contributed by atoms with Gasteiger partial charge in [0.05, 0.1) is 32.3 Å². The van der Waals surface area contributed by atoms with E-state index < -0.39 is 21.4 Å². The molecule has 2 aliphatic heterocycles. The number of carbonyl (C=O) groups is 1. The first kappa shape index (κ1) is 31.4. The molecule has 0 bridgehead atoms. The highest BCUT2D eigenvalue weighted by Gasteiger charge is 2.29. The Morgan fingerprint density at radius 1 is 1.09 bits per heavy atom. The number of benzene rings is 1. The molecule has 4 heterocycles. The average Bonchev–Trinajstić information content (AvgIpc) is 2.96. The molecule has 0 aliphatic carbocycles. The molecule has 2 aliphatic rings. The molecule has 1 amide bonds. The van der Waals surface area contributed by atoms with E-state index in [1.165, 1.54) is 31.5 Å². The van der Waals surface area contributed by atoms with Gasteiger partial charge in [0.1, 0.15) is 34.5 Å². The van der Waals surface area contributed by atoms with Crippen molar-refractivity contribution in [2.75, 3.05) is 62.4 Å². The van der Waals surface area contributed by atoms with Crippen LogP contribution < -0.4 is 19.1 Å². The Balaban J connectivity index is 1.53. The highest BCUT2D eigenvalue weighted by molar-refractivity contribution is 7.92. The maximum Gasteiger partial charge on any atom is 0.410 e. The molecule has 5 rings (SSSR count). The Hall–Kier alpha value is -3.98. The number of carbonyl (C=O) groups excluding carboxylic acids is 1. The van der Waals surface area contributed by atoms with Gasteiger partial charge in [0.15, 0.2) is 0 Å². The van der Waals surface area contributed by atoms with Crippen LogP contribution in [-0.4, -0.2) is 98.8 Å². The molecule has 2 fully saturated rings. The van der Waals surface area contributed by atoms with Crippen LogP contribution in [0.5, 0.6) is 11.6 Å². The van der Waals surface area contributed by atoms with Gasteiger partial charge in [-0.15, -0.1) is 0 Å². The first-order chi connectivity index (χ1) is 20.8. The normalized spacial score (nSPS) is 16.6. The molecular formula is C29H37FN6O7S. The molecule has 2 aromatic heterocycles. The third kappa shape index (κ3) is 7.56. The minimum Gasteiger partial charge on any atom is -0.488 e. The molecular weight excluding hydrogens is 595 g/mol. The summed E-state index contributed by atoms with van der Waals surface area (Å²) in [7, 11) is -2.28. The van der Waals surface area contributed by atoms with Gasteiger partial charge in [-0.05, 0) is 32.9 Å². The number of methoxy groups -OCH3 is 1. The van der Waals surface area contributed by atoms with Crippen LogP contribution >= 0.6 is 0 Å². The molecule has 0 unspecified atom stereocenters. The number of rotatable bonds is 7. The van der Waals surface area contributed by atoms with Crippen LogP contribution in [0.15, 0.2) is 24.4 Å². The predicted molar refractivity (Wildman–Crippen MR) is 162 cm³/mol. The number of sulfonamides is 1. The number of hydrogen-bond donors (Lipinski definition) is 1. The van der Waals surface area contributed by atoms with Crippen molar-refractivity contribution in [1.29, 1.82) is 0 Å². The maximum atomic E-state index is 15.2. The second kappa shape index (κ2) is 12.6. The Morgan fingerprint density at radius 2 is 1.80 bits per heavy atom.